The molecule has 1 aromatic heterocycles. The van der Waals surface area contributed by atoms with Gasteiger partial charge in [0.2, 0.25) is 0 Å². The first kappa shape index (κ1) is 14.5. The molecular weight excluding hydrogens is 256 g/mol. The molecule has 0 unspecified atom stereocenters. The van der Waals surface area contributed by atoms with Crippen LogP contribution in [0.5, 0.6) is 0 Å². The SMILES string of the molecule is CCc1ccsc1C(=O)NC1CCNCC1.Cl. The van der Waals surface area contributed by atoms with E-state index < -0.39 is 0 Å². The van der Waals surface area contributed by atoms with Crippen molar-refractivity contribution in [3.8, 4) is 0 Å². The van der Waals surface area contributed by atoms with Gasteiger partial charge in [-0.15, -0.1) is 23.7 Å². The predicted molar refractivity (Wildman–Crippen MR) is 74.3 cm³/mol. The lowest BCUT2D eigenvalue weighted by molar-refractivity contribution is 0.0933. The maximum atomic E-state index is 12.0. The van der Waals surface area contributed by atoms with Gasteiger partial charge in [-0.25, -0.2) is 0 Å². The average molecular weight is 275 g/mol. The fourth-order valence-electron chi connectivity index (χ4n) is 2.03. The number of rotatable bonds is 3. The summed E-state index contributed by atoms with van der Waals surface area (Å²) in [5, 5.41) is 8.42. The second-order valence-electron chi connectivity index (χ2n) is 4.13. The molecule has 5 heteroatoms. The number of hydrogen-bond donors (Lipinski definition) is 2. The molecule has 0 aromatic carbocycles. The molecule has 1 saturated heterocycles. The number of carbonyl (C=O) groups is 1. The van der Waals surface area contributed by atoms with E-state index in [2.05, 4.69) is 17.6 Å². The number of piperidine rings is 1. The van der Waals surface area contributed by atoms with Crippen LogP contribution in [0.4, 0.5) is 0 Å². The molecule has 96 valence electrons. The van der Waals surface area contributed by atoms with E-state index in [0.29, 0.717) is 6.04 Å². The van der Waals surface area contributed by atoms with E-state index in [4.69, 9.17) is 0 Å². The Morgan fingerprint density at radius 1 is 1.53 bits per heavy atom. The summed E-state index contributed by atoms with van der Waals surface area (Å²) >= 11 is 1.54. The minimum Gasteiger partial charge on any atom is -0.349 e. The van der Waals surface area contributed by atoms with Crippen molar-refractivity contribution in [2.24, 2.45) is 0 Å². The summed E-state index contributed by atoms with van der Waals surface area (Å²) in [6.07, 6.45) is 3.01. The van der Waals surface area contributed by atoms with Crippen LogP contribution < -0.4 is 10.6 Å². The molecule has 1 amide bonds. The van der Waals surface area contributed by atoms with Gasteiger partial charge in [0.25, 0.3) is 5.91 Å². The topological polar surface area (TPSA) is 41.1 Å². The van der Waals surface area contributed by atoms with Crippen LogP contribution in [0.1, 0.15) is 35.0 Å². The van der Waals surface area contributed by atoms with E-state index in [1.807, 2.05) is 11.4 Å². The van der Waals surface area contributed by atoms with E-state index >= 15 is 0 Å². The zero-order valence-corrected chi connectivity index (χ0v) is 11.6. The molecule has 1 aromatic rings. The Hall–Kier alpha value is -0.580. The molecule has 0 radical (unpaired) electrons. The Morgan fingerprint density at radius 3 is 2.88 bits per heavy atom. The molecular formula is C12H19ClN2OS. The van der Waals surface area contributed by atoms with Crippen molar-refractivity contribution in [3.05, 3.63) is 21.9 Å². The zero-order valence-electron chi connectivity index (χ0n) is 9.99. The largest absolute Gasteiger partial charge is 0.349 e. The summed E-state index contributed by atoms with van der Waals surface area (Å²) in [7, 11) is 0. The Kier molecular flexibility index (Phi) is 5.95. The number of halogens is 1. The normalized spacial score (nSPS) is 16.3. The van der Waals surface area contributed by atoms with Gasteiger partial charge in [-0.1, -0.05) is 6.92 Å². The Labute approximate surface area is 112 Å². The monoisotopic (exact) mass is 274 g/mol. The van der Waals surface area contributed by atoms with Crippen molar-refractivity contribution < 1.29 is 4.79 Å². The van der Waals surface area contributed by atoms with Crippen molar-refractivity contribution in [2.75, 3.05) is 13.1 Å². The predicted octanol–water partition coefficient (Wildman–Crippen LogP) is 2.21. The number of carbonyl (C=O) groups excluding carboxylic acids is 1. The van der Waals surface area contributed by atoms with E-state index in [1.165, 1.54) is 0 Å². The van der Waals surface area contributed by atoms with Gasteiger partial charge in [0.1, 0.15) is 0 Å². The molecule has 17 heavy (non-hydrogen) atoms. The molecule has 2 N–H and O–H groups in total. The third-order valence-corrected chi connectivity index (χ3v) is 3.96. The molecule has 1 aliphatic heterocycles. The molecule has 0 atom stereocenters. The van der Waals surface area contributed by atoms with Gasteiger partial charge >= 0.3 is 0 Å². The van der Waals surface area contributed by atoms with Gasteiger partial charge in [0.05, 0.1) is 4.88 Å². The maximum Gasteiger partial charge on any atom is 0.261 e. The second kappa shape index (κ2) is 6.99. The molecule has 0 aliphatic carbocycles. The van der Waals surface area contributed by atoms with Crippen molar-refractivity contribution >= 4 is 29.7 Å². The van der Waals surface area contributed by atoms with Gasteiger partial charge in [0.15, 0.2) is 0 Å². The van der Waals surface area contributed by atoms with Crippen LogP contribution in [0, 0.1) is 0 Å². The Bertz CT molecular complexity index is 361. The van der Waals surface area contributed by atoms with Crippen LogP contribution in [0.15, 0.2) is 11.4 Å². The third kappa shape index (κ3) is 3.69. The fourth-order valence-corrected chi connectivity index (χ4v) is 2.93. The van der Waals surface area contributed by atoms with Crippen LogP contribution in [0.3, 0.4) is 0 Å². The molecule has 0 saturated carbocycles. The van der Waals surface area contributed by atoms with Crippen LogP contribution in [-0.4, -0.2) is 25.0 Å². The highest BCUT2D eigenvalue weighted by Crippen LogP contribution is 2.17. The van der Waals surface area contributed by atoms with Gasteiger partial charge < -0.3 is 10.6 Å². The van der Waals surface area contributed by atoms with Crippen LogP contribution in [0.2, 0.25) is 0 Å². The molecule has 3 nitrogen and oxygen atoms in total. The van der Waals surface area contributed by atoms with Crippen molar-refractivity contribution in [1.82, 2.24) is 10.6 Å². The molecule has 2 rings (SSSR count). The van der Waals surface area contributed by atoms with Crippen LogP contribution >= 0.6 is 23.7 Å². The molecule has 2 heterocycles. The van der Waals surface area contributed by atoms with Crippen molar-refractivity contribution in [3.63, 3.8) is 0 Å². The molecule has 1 aliphatic rings. The van der Waals surface area contributed by atoms with Gasteiger partial charge in [-0.3, -0.25) is 4.79 Å². The van der Waals surface area contributed by atoms with E-state index in [0.717, 1.165) is 42.8 Å². The smallest absolute Gasteiger partial charge is 0.261 e. The molecule has 0 spiro atoms. The van der Waals surface area contributed by atoms with Gasteiger partial charge in [-0.05, 0) is 49.4 Å². The van der Waals surface area contributed by atoms with E-state index in [1.54, 1.807) is 11.3 Å². The maximum absolute atomic E-state index is 12.0. The van der Waals surface area contributed by atoms with Crippen LogP contribution in [0.25, 0.3) is 0 Å². The number of aryl methyl sites for hydroxylation is 1. The fraction of sp³-hybridized carbons (Fsp3) is 0.583. The first-order valence-electron chi connectivity index (χ1n) is 5.89. The highest BCUT2D eigenvalue weighted by molar-refractivity contribution is 7.12. The van der Waals surface area contributed by atoms with Crippen molar-refractivity contribution in [2.45, 2.75) is 32.2 Å². The Morgan fingerprint density at radius 2 is 2.24 bits per heavy atom. The highest BCUT2D eigenvalue weighted by atomic mass is 35.5. The summed E-state index contributed by atoms with van der Waals surface area (Å²) in [4.78, 5) is 12.9. The van der Waals surface area contributed by atoms with Gasteiger partial charge in [0, 0.05) is 6.04 Å². The molecule has 1 fully saturated rings. The first-order chi connectivity index (χ1) is 7.81. The quantitative estimate of drug-likeness (QED) is 0.887. The molecule has 0 bridgehead atoms. The minimum absolute atomic E-state index is 0. The van der Waals surface area contributed by atoms with E-state index in [9.17, 15) is 4.79 Å². The number of nitrogens with one attached hydrogen (secondary N) is 2. The Balaban J connectivity index is 0.00000144. The lowest BCUT2D eigenvalue weighted by Gasteiger charge is -2.23. The lowest BCUT2D eigenvalue weighted by atomic mass is 10.1. The minimum atomic E-state index is 0. The van der Waals surface area contributed by atoms with Gasteiger partial charge in [-0.2, -0.15) is 0 Å². The second-order valence-corrected chi connectivity index (χ2v) is 5.04. The highest BCUT2D eigenvalue weighted by Gasteiger charge is 2.18. The summed E-state index contributed by atoms with van der Waals surface area (Å²) < 4.78 is 0. The summed E-state index contributed by atoms with van der Waals surface area (Å²) in [5.74, 6) is 0.110. The van der Waals surface area contributed by atoms with Crippen LogP contribution in [-0.2, 0) is 6.42 Å². The number of amides is 1. The number of hydrogen-bond acceptors (Lipinski definition) is 3. The average Bonchev–Trinajstić information content (AvgIpc) is 2.78. The zero-order chi connectivity index (χ0) is 11.4. The van der Waals surface area contributed by atoms with Crippen molar-refractivity contribution in [1.29, 1.82) is 0 Å². The summed E-state index contributed by atoms with van der Waals surface area (Å²) in [6.45, 7) is 4.11. The summed E-state index contributed by atoms with van der Waals surface area (Å²) in [5.41, 5.74) is 1.16. The first-order valence-corrected chi connectivity index (χ1v) is 6.77. The summed E-state index contributed by atoms with van der Waals surface area (Å²) in [6, 6.07) is 2.39. The third-order valence-electron chi connectivity index (χ3n) is 3.01. The van der Waals surface area contributed by atoms with E-state index in [-0.39, 0.29) is 18.3 Å². The lowest BCUT2D eigenvalue weighted by Crippen LogP contribution is -2.42. The standard InChI is InChI=1S/C12H18N2OS.ClH/c1-2-9-5-8-16-11(9)12(15)14-10-3-6-13-7-4-10;/h5,8,10,13H,2-4,6-7H2,1H3,(H,14,15);1H. The number of thiophene rings is 1.